The molecule has 0 aliphatic carbocycles. The molecule has 0 spiro atoms. The van der Waals surface area contributed by atoms with Gasteiger partial charge in [0.2, 0.25) is 0 Å². The highest BCUT2D eigenvalue weighted by atomic mass is 35.5. The van der Waals surface area contributed by atoms with Crippen LogP contribution >= 0.6 is 11.6 Å². The lowest BCUT2D eigenvalue weighted by atomic mass is 10.2. The summed E-state index contributed by atoms with van der Waals surface area (Å²) in [5.41, 5.74) is 3.16. The summed E-state index contributed by atoms with van der Waals surface area (Å²) in [7, 11) is 1.56. The monoisotopic (exact) mass is 362 g/mol. The lowest BCUT2D eigenvalue weighted by Gasteiger charge is -2.09. The molecular weight excluding hydrogens is 344 g/mol. The van der Waals surface area contributed by atoms with Gasteiger partial charge in [-0.3, -0.25) is 4.79 Å². The average Bonchev–Trinajstić information content (AvgIpc) is 2.62. The number of nitrogens with zero attached hydrogens (tertiary/aromatic N) is 1. The number of rotatable bonds is 8. The highest BCUT2D eigenvalue weighted by Gasteiger charge is 2.05. The zero-order valence-corrected chi connectivity index (χ0v) is 14.7. The van der Waals surface area contributed by atoms with Gasteiger partial charge in [-0.2, -0.15) is 5.10 Å². The number of hydrazone groups is 1. The van der Waals surface area contributed by atoms with Crippen LogP contribution in [0.25, 0.3) is 0 Å². The van der Waals surface area contributed by atoms with Crippen molar-refractivity contribution in [2.45, 2.75) is 6.92 Å². The molecule has 0 unspecified atom stereocenters. The zero-order valence-electron chi connectivity index (χ0n) is 14.0. The van der Waals surface area contributed by atoms with Crippen LogP contribution in [0.15, 0.2) is 47.6 Å². The van der Waals surface area contributed by atoms with E-state index < -0.39 is 0 Å². The molecule has 1 N–H and O–H groups in total. The second-order valence-electron chi connectivity index (χ2n) is 4.88. The van der Waals surface area contributed by atoms with Gasteiger partial charge in [0, 0.05) is 5.02 Å². The topological polar surface area (TPSA) is 69.2 Å². The molecule has 2 rings (SSSR count). The van der Waals surface area contributed by atoms with Crippen LogP contribution in [0.4, 0.5) is 0 Å². The molecule has 0 saturated carbocycles. The van der Waals surface area contributed by atoms with E-state index >= 15 is 0 Å². The summed E-state index contributed by atoms with van der Waals surface area (Å²) in [6.07, 6.45) is 1.51. The van der Waals surface area contributed by atoms with Crippen molar-refractivity contribution in [3.05, 3.63) is 53.1 Å². The fraction of sp³-hybridized carbons (Fsp3) is 0.222. The highest BCUT2D eigenvalue weighted by Crippen LogP contribution is 2.27. The number of amides is 1. The number of nitrogens with one attached hydrogen (secondary N) is 1. The SMILES string of the molecule is CCOc1ccc(C=NNC(=O)COc2ccc(Cl)cc2)cc1OC. The van der Waals surface area contributed by atoms with Gasteiger partial charge in [0.1, 0.15) is 5.75 Å². The number of ether oxygens (including phenoxy) is 3. The van der Waals surface area contributed by atoms with Crippen LogP contribution in [0.2, 0.25) is 5.02 Å². The van der Waals surface area contributed by atoms with E-state index in [0.717, 1.165) is 5.56 Å². The van der Waals surface area contributed by atoms with E-state index in [1.807, 2.05) is 13.0 Å². The molecule has 1 amide bonds. The Morgan fingerprint density at radius 2 is 1.92 bits per heavy atom. The Hall–Kier alpha value is -2.73. The molecule has 132 valence electrons. The Labute approximate surface area is 151 Å². The first kappa shape index (κ1) is 18.6. The number of hydrogen-bond acceptors (Lipinski definition) is 5. The average molecular weight is 363 g/mol. The number of carbonyl (C=O) groups excluding carboxylic acids is 1. The quantitative estimate of drug-likeness (QED) is 0.578. The maximum Gasteiger partial charge on any atom is 0.277 e. The second-order valence-corrected chi connectivity index (χ2v) is 5.32. The zero-order chi connectivity index (χ0) is 18.1. The van der Waals surface area contributed by atoms with Gasteiger partial charge in [-0.25, -0.2) is 5.43 Å². The normalized spacial score (nSPS) is 10.5. The van der Waals surface area contributed by atoms with Gasteiger partial charge in [0.15, 0.2) is 18.1 Å². The number of methoxy groups -OCH3 is 1. The third-order valence-corrected chi connectivity index (χ3v) is 3.33. The molecule has 0 saturated heterocycles. The van der Waals surface area contributed by atoms with E-state index in [2.05, 4.69) is 10.5 Å². The smallest absolute Gasteiger partial charge is 0.277 e. The molecule has 7 heteroatoms. The predicted molar refractivity (Wildman–Crippen MR) is 96.8 cm³/mol. The fourth-order valence-electron chi connectivity index (χ4n) is 1.93. The maximum absolute atomic E-state index is 11.7. The van der Waals surface area contributed by atoms with E-state index in [1.165, 1.54) is 6.21 Å². The van der Waals surface area contributed by atoms with Crippen LogP contribution < -0.4 is 19.6 Å². The minimum atomic E-state index is -0.371. The van der Waals surface area contributed by atoms with Crippen molar-refractivity contribution in [3.8, 4) is 17.2 Å². The molecule has 2 aromatic carbocycles. The Kier molecular flexibility index (Phi) is 7.10. The van der Waals surface area contributed by atoms with Crippen molar-refractivity contribution in [1.82, 2.24) is 5.43 Å². The summed E-state index contributed by atoms with van der Waals surface area (Å²) in [5.74, 6) is 1.44. The van der Waals surface area contributed by atoms with Gasteiger partial charge in [-0.05, 0) is 55.0 Å². The summed E-state index contributed by atoms with van der Waals surface area (Å²) in [4.78, 5) is 11.7. The maximum atomic E-state index is 11.7. The van der Waals surface area contributed by atoms with Crippen LogP contribution in [0.1, 0.15) is 12.5 Å². The van der Waals surface area contributed by atoms with Crippen molar-refractivity contribution in [2.75, 3.05) is 20.3 Å². The van der Waals surface area contributed by atoms with Crippen molar-refractivity contribution in [2.24, 2.45) is 5.10 Å². The Morgan fingerprint density at radius 3 is 2.60 bits per heavy atom. The minimum absolute atomic E-state index is 0.147. The van der Waals surface area contributed by atoms with Crippen LogP contribution in [-0.4, -0.2) is 32.4 Å². The first-order valence-electron chi connectivity index (χ1n) is 7.63. The summed E-state index contributed by atoms with van der Waals surface area (Å²) in [5, 5.41) is 4.50. The van der Waals surface area contributed by atoms with Gasteiger partial charge in [-0.1, -0.05) is 11.6 Å². The number of hydrogen-bond donors (Lipinski definition) is 1. The second kappa shape index (κ2) is 9.54. The molecule has 0 aliphatic rings. The van der Waals surface area contributed by atoms with E-state index in [0.29, 0.717) is 28.9 Å². The molecule has 0 heterocycles. The number of carbonyl (C=O) groups is 1. The Morgan fingerprint density at radius 1 is 1.16 bits per heavy atom. The van der Waals surface area contributed by atoms with Crippen LogP contribution in [0.5, 0.6) is 17.2 Å². The summed E-state index contributed by atoms with van der Waals surface area (Å²) < 4.78 is 16.0. The molecule has 0 atom stereocenters. The van der Waals surface area contributed by atoms with Crippen LogP contribution in [0, 0.1) is 0 Å². The van der Waals surface area contributed by atoms with E-state index in [1.54, 1.807) is 43.5 Å². The third-order valence-electron chi connectivity index (χ3n) is 3.07. The van der Waals surface area contributed by atoms with Gasteiger partial charge < -0.3 is 14.2 Å². The van der Waals surface area contributed by atoms with Crippen molar-refractivity contribution >= 4 is 23.7 Å². The fourth-order valence-corrected chi connectivity index (χ4v) is 2.06. The van der Waals surface area contributed by atoms with E-state index in [-0.39, 0.29) is 12.5 Å². The standard InChI is InChI=1S/C18H19ClN2O4/c1-3-24-16-9-4-13(10-17(16)23-2)11-20-21-18(22)12-25-15-7-5-14(19)6-8-15/h4-11H,3,12H2,1-2H3,(H,21,22). The van der Waals surface area contributed by atoms with Gasteiger partial charge in [0.25, 0.3) is 5.91 Å². The Balaban J connectivity index is 1.85. The number of benzene rings is 2. The molecule has 25 heavy (non-hydrogen) atoms. The van der Waals surface area contributed by atoms with Crippen molar-refractivity contribution in [1.29, 1.82) is 0 Å². The number of halogens is 1. The molecule has 0 bridgehead atoms. The van der Waals surface area contributed by atoms with E-state index in [9.17, 15) is 4.79 Å². The summed E-state index contributed by atoms with van der Waals surface area (Å²) in [6, 6.07) is 12.1. The van der Waals surface area contributed by atoms with Crippen molar-refractivity contribution in [3.63, 3.8) is 0 Å². The summed E-state index contributed by atoms with van der Waals surface area (Å²) in [6.45, 7) is 2.30. The largest absolute Gasteiger partial charge is 0.493 e. The third kappa shape index (κ3) is 6.00. The highest BCUT2D eigenvalue weighted by molar-refractivity contribution is 6.30. The molecule has 6 nitrogen and oxygen atoms in total. The van der Waals surface area contributed by atoms with Gasteiger partial charge >= 0.3 is 0 Å². The molecular formula is C18H19ClN2O4. The van der Waals surface area contributed by atoms with Crippen LogP contribution in [-0.2, 0) is 4.79 Å². The van der Waals surface area contributed by atoms with Gasteiger partial charge in [0.05, 0.1) is 19.9 Å². The molecule has 0 radical (unpaired) electrons. The van der Waals surface area contributed by atoms with Crippen molar-refractivity contribution < 1.29 is 19.0 Å². The van der Waals surface area contributed by atoms with Gasteiger partial charge in [-0.15, -0.1) is 0 Å². The molecule has 0 aromatic heterocycles. The first-order chi connectivity index (χ1) is 12.1. The predicted octanol–water partition coefficient (Wildman–Crippen LogP) is 3.28. The summed E-state index contributed by atoms with van der Waals surface area (Å²) >= 11 is 5.78. The van der Waals surface area contributed by atoms with Crippen LogP contribution in [0.3, 0.4) is 0 Å². The molecule has 0 fully saturated rings. The van der Waals surface area contributed by atoms with E-state index in [4.69, 9.17) is 25.8 Å². The lowest BCUT2D eigenvalue weighted by molar-refractivity contribution is -0.123. The first-order valence-corrected chi connectivity index (χ1v) is 8.01. The minimum Gasteiger partial charge on any atom is -0.493 e. The Bertz CT molecular complexity index is 732. The molecule has 2 aromatic rings. The lowest BCUT2D eigenvalue weighted by Crippen LogP contribution is -2.24. The molecule has 0 aliphatic heterocycles.